The van der Waals surface area contributed by atoms with Crippen LogP contribution in [0.1, 0.15) is 18.4 Å². The summed E-state index contributed by atoms with van der Waals surface area (Å²) in [6, 6.07) is 13.7. The summed E-state index contributed by atoms with van der Waals surface area (Å²) in [7, 11) is -3.48. The first kappa shape index (κ1) is 20.5. The maximum atomic E-state index is 12.3. The standard InChI is InChI=1S/C20H23ClN2O4S/c1-28(25,26)23(14-16-4-6-17(21)7-5-16)18-8-10-19(11-9-18)27-15-20(24)22-12-2-3-13-22/h4-11H,2-3,12-15H2,1H3. The van der Waals surface area contributed by atoms with Gasteiger partial charge in [-0.25, -0.2) is 8.42 Å². The molecule has 0 spiro atoms. The maximum Gasteiger partial charge on any atom is 0.260 e. The van der Waals surface area contributed by atoms with Gasteiger partial charge in [0, 0.05) is 18.1 Å². The second-order valence-corrected chi connectivity index (χ2v) is 9.11. The number of nitrogens with zero attached hydrogens (tertiary/aromatic N) is 2. The van der Waals surface area contributed by atoms with Crippen molar-refractivity contribution in [1.82, 2.24) is 4.90 Å². The van der Waals surface area contributed by atoms with E-state index < -0.39 is 10.0 Å². The third-order valence-corrected chi connectivity index (χ3v) is 5.98. The third kappa shape index (κ3) is 5.39. The van der Waals surface area contributed by atoms with Crippen molar-refractivity contribution in [1.29, 1.82) is 0 Å². The summed E-state index contributed by atoms with van der Waals surface area (Å²) >= 11 is 5.89. The zero-order chi connectivity index (χ0) is 20.1. The summed E-state index contributed by atoms with van der Waals surface area (Å²) in [5.41, 5.74) is 1.35. The Morgan fingerprint density at radius 1 is 1.07 bits per heavy atom. The minimum absolute atomic E-state index is 0.0140. The molecule has 3 rings (SSSR count). The van der Waals surface area contributed by atoms with Crippen LogP contribution in [0.5, 0.6) is 5.75 Å². The highest BCUT2D eigenvalue weighted by molar-refractivity contribution is 7.92. The number of likely N-dealkylation sites (tertiary alicyclic amines) is 1. The quantitative estimate of drug-likeness (QED) is 0.686. The highest BCUT2D eigenvalue weighted by Crippen LogP contribution is 2.24. The SMILES string of the molecule is CS(=O)(=O)N(Cc1ccc(Cl)cc1)c1ccc(OCC(=O)N2CCCC2)cc1. The molecule has 1 amide bonds. The summed E-state index contributed by atoms with van der Waals surface area (Å²) in [4.78, 5) is 13.9. The summed E-state index contributed by atoms with van der Waals surface area (Å²) in [5, 5.41) is 0.597. The monoisotopic (exact) mass is 422 g/mol. The number of carbonyl (C=O) groups is 1. The Morgan fingerprint density at radius 3 is 2.25 bits per heavy atom. The van der Waals surface area contributed by atoms with Gasteiger partial charge in [-0.2, -0.15) is 0 Å². The molecule has 1 aliphatic heterocycles. The van der Waals surface area contributed by atoms with Crippen LogP contribution < -0.4 is 9.04 Å². The molecule has 1 fully saturated rings. The van der Waals surface area contributed by atoms with E-state index in [1.807, 2.05) is 0 Å². The molecule has 2 aromatic carbocycles. The smallest absolute Gasteiger partial charge is 0.260 e. The topological polar surface area (TPSA) is 66.9 Å². The van der Waals surface area contributed by atoms with Crippen molar-refractivity contribution in [2.24, 2.45) is 0 Å². The zero-order valence-electron chi connectivity index (χ0n) is 15.7. The Kier molecular flexibility index (Phi) is 6.46. The molecule has 0 radical (unpaired) electrons. The number of hydrogen-bond donors (Lipinski definition) is 0. The number of amides is 1. The lowest BCUT2D eigenvalue weighted by atomic mass is 10.2. The van der Waals surface area contributed by atoms with E-state index in [0.29, 0.717) is 16.5 Å². The van der Waals surface area contributed by atoms with Crippen LogP contribution in [0.15, 0.2) is 48.5 Å². The van der Waals surface area contributed by atoms with E-state index in [9.17, 15) is 13.2 Å². The molecule has 8 heteroatoms. The molecule has 0 N–H and O–H groups in total. The van der Waals surface area contributed by atoms with Gasteiger partial charge in [-0.15, -0.1) is 0 Å². The zero-order valence-corrected chi connectivity index (χ0v) is 17.2. The molecule has 150 valence electrons. The number of hydrogen-bond acceptors (Lipinski definition) is 4. The van der Waals surface area contributed by atoms with Crippen molar-refractivity contribution in [3.8, 4) is 5.75 Å². The van der Waals surface area contributed by atoms with Crippen molar-refractivity contribution in [2.75, 3.05) is 30.3 Å². The minimum Gasteiger partial charge on any atom is -0.484 e. The first-order valence-corrected chi connectivity index (χ1v) is 11.3. The molecule has 1 heterocycles. The fourth-order valence-electron chi connectivity index (χ4n) is 3.07. The van der Waals surface area contributed by atoms with Gasteiger partial charge < -0.3 is 9.64 Å². The number of sulfonamides is 1. The number of rotatable bonds is 7. The molecule has 1 saturated heterocycles. The van der Waals surface area contributed by atoms with Crippen molar-refractivity contribution in [3.05, 3.63) is 59.1 Å². The van der Waals surface area contributed by atoms with Crippen LogP contribution in [-0.2, 0) is 21.4 Å². The summed E-state index contributed by atoms with van der Waals surface area (Å²) in [6.07, 6.45) is 3.24. The van der Waals surface area contributed by atoms with Crippen molar-refractivity contribution in [3.63, 3.8) is 0 Å². The average molecular weight is 423 g/mol. The van der Waals surface area contributed by atoms with Crippen LogP contribution in [0.4, 0.5) is 5.69 Å². The normalized spacial score (nSPS) is 14.1. The lowest BCUT2D eigenvalue weighted by Gasteiger charge is -2.23. The molecule has 0 aromatic heterocycles. The van der Waals surface area contributed by atoms with Gasteiger partial charge in [0.05, 0.1) is 18.5 Å². The van der Waals surface area contributed by atoms with Gasteiger partial charge in [-0.1, -0.05) is 23.7 Å². The maximum absolute atomic E-state index is 12.3. The van der Waals surface area contributed by atoms with E-state index in [1.54, 1.807) is 53.4 Å². The molecular weight excluding hydrogens is 400 g/mol. The predicted molar refractivity (Wildman–Crippen MR) is 110 cm³/mol. The second kappa shape index (κ2) is 8.84. The van der Waals surface area contributed by atoms with Crippen LogP contribution in [-0.4, -0.2) is 45.2 Å². The number of halogens is 1. The van der Waals surface area contributed by atoms with Crippen molar-refractivity contribution >= 4 is 33.2 Å². The molecule has 2 aromatic rings. The first-order chi connectivity index (χ1) is 13.3. The molecule has 0 saturated carbocycles. The van der Waals surface area contributed by atoms with Crippen LogP contribution in [0, 0.1) is 0 Å². The van der Waals surface area contributed by atoms with E-state index in [-0.39, 0.29) is 19.1 Å². The van der Waals surface area contributed by atoms with Crippen molar-refractivity contribution in [2.45, 2.75) is 19.4 Å². The lowest BCUT2D eigenvalue weighted by molar-refractivity contribution is -0.132. The first-order valence-electron chi connectivity index (χ1n) is 9.06. The highest BCUT2D eigenvalue weighted by Gasteiger charge is 2.19. The Hall–Kier alpha value is -2.25. The molecule has 28 heavy (non-hydrogen) atoms. The number of benzene rings is 2. The molecule has 0 aliphatic carbocycles. The molecule has 0 bridgehead atoms. The largest absolute Gasteiger partial charge is 0.484 e. The van der Waals surface area contributed by atoms with Gasteiger partial charge in [0.15, 0.2) is 6.61 Å². The Balaban J connectivity index is 1.67. The van der Waals surface area contributed by atoms with Gasteiger partial charge in [-0.05, 0) is 54.8 Å². The van der Waals surface area contributed by atoms with E-state index in [2.05, 4.69) is 0 Å². The fourth-order valence-corrected chi connectivity index (χ4v) is 4.08. The minimum atomic E-state index is -3.48. The van der Waals surface area contributed by atoms with E-state index in [0.717, 1.165) is 31.5 Å². The van der Waals surface area contributed by atoms with Crippen LogP contribution in [0.3, 0.4) is 0 Å². The molecule has 6 nitrogen and oxygen atoms in total. The van der Waals surface area contributed by atoms with E-state index >= 15 is 0 Å². The number of anilines is 1. The highest BCUT2D eigenvalue weighted by atomic mass is 35.5. The molecule has 1 aliphatic rings. The second-order valence-electron chi connectivity index (χ2n) is 6.77. The van der Waals surface area contributed by atoms with Crippen LogP contribution >= 0.6 is 11.6 Å². The fraction of sp³-hybridized carbons (Fsp3) is 0.350. The molecule has 0 unspecified atom stereocenters. The summed E-state index contributed by atoms with van der Waals surface area (Å²) < 4.78 is 31.4. The van der Waals surface area contributed by atoms with Crippen LogP contribution in [0.25, 0.3) is 0 Å². The summed E-state index contributed by atoms with van der Waals surface area (Å²) in [6.45, 7) is 1.76. The van der Waals surface area contributed by atoms with E-state index in [1.165, 1.54) is 10.6 Å². The molecular formula is C20H23ClN2O4S. The van der Waals surface area contributed by atoms with Gasteiger partial charge in [0.1, 0.15) is 5.75 Å². The van der Waals surface area contributed by atoms with Crippen LogP contribution in [0.2, 0.25) is 5.02 Å². The Bertz CT molecular complexity index is 908. The molecule has 0 atom stereocenters. The van der Waals surface area contributed by atoms with Gasteiger partial charge >= 0.3 is 0 Å². The Morgan fingerprint density at radius 2 is 1.68 bits per heavy atom. The average Bonchev–Trinajstić information content (AvgIpc) is 3.20. The van der Waals surface area contributed by atoms with Gasteiger partial charge in [-0.3, -0.25) is 9.10 Å². The lowest BCUT2D eigenvalue weighted by Crippen LogP contribution is -2.32. The Labute approximate surface area is 170 Å². The summed E-state index contributed by atoms with van der Waals surface area (Å²) in [5.74, 6) is 0.498. The van der Waals surface area contributed by atoms with E-state index in [4.69, 9.17) is 16.3 Å². The predicted octanol–water partition coefficient (Wildman–Crippen LogP) is 3.31. The van der Waals surface area contributed by atoms with Crippen molar-refractivity contribution < 1.29 is 17.9 Å². The number of ether oxygens (including phenoxy) is 1. The van der Waals surface area contributed by atoms with Gasteiger partial charge in [0.2, 0.25) is 10.0 Å². The third-order valence-electron chi connectivity index (χ3n) is 4.59. The van der Waals surface area contributed by atoms with Gasteiger partial charge in [0.25, 0.3) is 5.91 Å². The number of carbonyl (C=O) groups excluding carboxylic acids is 1.